The van der Waals surface area contributed by atoms with Crippen LogP contribution in [0.4, 0.5) is 4.79 Å². The van der Waals surface area contributed by atoms with E-state index in [0.717, 1.165) is 25.7 Å². The van der Waals surface area contributed by atoms with Gasteiger partial charge in [0.15, 0.2) is 0 Å². The van der Waals surface area contributed by atoms with Crippen molar-refractivity contribution in [3.8, 4) is 0 Å². The molecule has 1 saturated carbocycles. The standard InChI is InChI=1S/C16H29NO2/c1-12(2)6-7-13-8-10-14(11-9-13)17-15(18)19-16(3,4)5/h6-7,12-14H,8-11H2,1-5H3,(H,17,18)/b7-6+. The van der Waals surface area contributed by atoms with E-state index in [9.17, 15) is 4.79 Å². The third kappa shape index (κ3) is 7.24. The molecular weight excluding hydrogens is 238 g/mol. The second-order valence-corrected chi connectivity index (χ2v) is 6.89. The second kappa shape index (κ2) is 6.97. The molecule has 19 heavy (non-hydrogen) atoms. The summed E-state index contributed by atoms with van der Waals surface area (Å²) < 4.78 is 5.28. The summed E-state index contributed by atoms with van der Waals surface area (Å²) in [5.41, 5.74) is -0.415. The van der Waals surface area contributed by atoms with Gasteiger partial charge in [-0.1, -0.05) is 26.0 Å². The Labute approximate surface area is 117 Å². The van der Waals surface area contributed by atoms with E-state index in [0.29, 0.717) is 11.8 Å². The molecule has 0 radical (unpaired) electrons. The van der Waals surface area contributed by atoms with Crippen molar-refractivity contribution in [1.29, 1.82) is 0 Å². The highest BCUT2D eigenvalue weighted by molar-refractivity contribution is 5.68. The summed E-state index contributed by atoms with van der Waals surface area (Å²) in [6.45, 7) is 10.1. The molecule has 1 rings (SSSR count). The van der Waals surface area contributed by atoms with Gasteiger partial charge < -0.3 is 10.1 Å². The lowest BCUT2D eigenvalue weighted by Crippen LogP contribution is -2.40. The van der Waals surface area contributed by atoms with Gasteiger partial charge in [0.05, 0.1) is 0 Å². The summed E-state index contributed by atoms with van der Waals surface area (Å²) in [6.07, 6.45) is 8.75. The van der Waals surface area contributed by atoms with E-state index in [4.69, 9.17) is 4.74 Å². The summed E-state index contributed by atoms with van der Waals surface area (Å²) in [7, 11) is 0. The van der Waals surface area contributed by atoms with Gasteiger partial charge in [0, 0.05) is 6.04 Å². The van der Waals surface area contributed by atoms with Crippen LogP contribution in [0.15, 0.2) is 12.2 Å². The Balaban J connectivity index is 2.28. The van der Waals surface area contributed by atoms with E-state index in [2.05, 4.69) is 31.3 Å². The number of ether oxygens (including phenoxy) is 1. The van der Waals surface area contributed by atoms with Crippen molar-refractivity contribution < 1.29 is 9.53 Å². The van der Waals surface area contributed by atoms with Gasteiger partial charge in [-0.15, -0.1) is 0 Å². The molecular formula is C16H29NO2. The Morgan fingerprint density at radius 2 is 1.79 bits per heavy atom. The first kappa shape index (κ1) is 16.1. The number of amides is 1. The number of carbonyl (C=O) groups excluding carboxylic acids is 1. The number of alkyl carbamates (subject to hydrolysis) is 1. The van der Waals surface area contributed by atoms with Crippen LogP contribution < -0.4 is 5.32 Å². The summed E-state index contributed by atoms with van der Waals surface area (Å²) in [4.78, 5) is 11.7. The topological polar surface area (TPSA) is 38.3 Å². The quantitative estimate of drug-likeness (QED) is 0.775. The Bertz CT molecular complexity index is 307. The molecule has 1 aliphatic carbocycles. The molecule has 1 N–H and O–H groups in total. The molecule has 0 heterocycles. The van der Waals surface area contributed by atoms with Crippen LogP contribution in [-0.4, -0.2) is 17.7 Å². The van der Waals surface area contributed by atoms with Crippen LogP contribution in [0.3, 0.4) is 0 Å². The molecule has 3 heteroatoms. The second-order valence-electron chi connectivity index (χ2n) is 6.89. The van der Waals surface area contributed by atoms with Gasteiger partial charge in [-0.3, -0.25) is 0 Å². The molecule has 1 aliphatic rings. The Hall–Kier alpha value is -0.990. The maximum atomic E-state index is 11.7. The molecule has 0 unspecified atom stereocenters. The largest absolute Gasteiger partial charge is 0.444 e. The van der Waals surface area contributed by atoms with Crippen LogP contribution in [0.2, 0.25) is 0 Å². The normalized spacial score (nSPS) is 24.7. The minimum Gasteiger partial charge on any atom is -0.444 e. The average Bonchev–Trinajstić information content (AvgIpc) is 2.25. The van der Waals surface area contributed by atoms with Crippen molar-refractivity contribution in [2.75, 3.05) is 0 Å². The van der Waals surface area contributed by atoms with Gasteiger partial charge in [-0.2, -0.15) is 0 Å². The average molecular weight is 267 g/mol. The van der Waals surface area contributed by atoms with Gasteiger partial charge in [-0.05, 0) is 58.3 Å². The fourth-order valence-corrected chi connectivity index (χ4v) is 2.31. The van der Waals surface area contributed by atoms with E-state index in [-0.39, 0.29) is 12.1 Å². The predicted octanol–water partition coefficient (Wildman–Crippen LogP) is 4.28. The van der Waals surface area contributed by atoms with Crippen molar-refractivity contribution in [3.63, 3.8) is 0 Å². The fourth-order valence-electron chi connectivity index (χ4n) is 2.31. The van der Waals surface area contributed by atoms with Crippen LogP contribution in [0.25, 0.3) is 0 Å². The van der Waals surface area contributed by atoms with Crippen molar-refractivity contribution in [1.82, 2.24) is 5.32 Å². The van der Waals surface area contributed by atoms with Crippen LogP contribution in [-0.2, 0) is 4.74 Å². The molecule has 0 aromatic rings. The van der Waals surface area contributed by atoms with Gasteiger partial charge in [0.2, 0.25) is 0 Å². The molecule has 3 nitrogen and oxygen atoms in total. The van der Waals surface area contributed by atoms with Crippen LogP contribution in [0, 0.1) is 11.8 Å². The maximum Gasteiger partial charge on any atom is 0.407 e. The number of hydrogen-bond donors (Lipinski definition) is 1. The molecule has 0 aromatic heterocycles. The van der Waals surface area contributed by atoms with Crippen LogP contribution >= 0.6 is 0 Å². The zero-order chi connectivity index (χ0) is 14.5. The molecule has 0 aromatic carbocycles. The fraction of sp³-hybridized carbons (Fsp3) is 0.812. The Morgan fingerprint density at radius 1 is 1.21 bits per heavy atom. The molecule has 0 spiro atoms. The molecule has 0 atom stereocenters. The number of rotatable bonds is 3. The van der Waals surface area contributed by atoms with Gasteiger partial charge in [-0.25, -0.2) is 4.79 Å². The van der Waals surface area contributed by atoms with E-state index >= 15 is 0 Å². The van der Waals surface area contributed by atoms with E-state index in [1.165, 1.54) is 0 Å². The molecule has 110 valence electrons. The Kier molecular flexibility index (Phi) is 5.89. The number of nitrogens with one attached hydrogen (secondary N) is 1. The minimum atomic E-state index is -0.415. The molecule has 0 bridgehead atoms. The van der Waals surface area contributed by atoms with Crippen molar-refractivity contribution in [3.05, 3.63) is 12.2 Å². The highest BCUT2D eigenvalue weighted by Crippen LogP contribution is 2.26. The van der Waals surface area contributed by atoms with Gasteiger partial charge in [0.25, 0.3) is 0 Å². The maximum absolute atomic E-state index is 11.7. The smallest absolute Gasteiger partial charge is 0.407 e. The zero-order valence-corrected chi connectivity index (χ0v) is 13.0. The predicted molar refractivity (Wildman–Crippen MR) is 79.1 cm³/mol. The first-order chi connectivity index (χ1) is 8.76. The summed E-state index contributed by atoms with van der Waals surface area (Å²) in [5, 5.41) is 2.98. The lowest BCUT2D eigenvalue weighted by molar-refractivity contribution is 0.0490. The number of carbonyl (C=O) groups is 1. The lowest BCUT2D eigenvalue weighted by atomic mass is 9.85. The van der Waals surface area contributed by atoms with Crippen LogP contribution in [0.5, 0.6) is 0 Å². The zero-order valence-electron chi connectivity index (χ0n) is 13.0. The highest BCUT2D eigenvalue weighted by atomic mass is 16.6. The number of allylic oxidation sites excluding steroid dienone is 2. The molecule has 0 aliphatic heterocycles. The minimum absolute atomic E-state index is 0.276. The van der Waals surface area contributed by atoms with E-state index in [1.807, 2.05) is 20.8 Å². The van der Waals surface area contributed by atoms with Gasteiger partial charge in [0.1, 0.15) is 5.60 Å². The summed E-state index contributed by atoms with van der Waals surface area (Å²) >= 11 is 0. The third-order valence-electron chi connectivity index (χ3n) is 3.26. The summed E-state index contributed by atoms with van der Waals surface area (Å²) in [6, 6.07) is 0.276. The first-order valence-electron chi connectivity index (χ1n) is 7.44. The monoisotopic (exact) mass is 267 g/mol. The number of hydrogen-bond acceptors (Lipinski definition) is 2. The Morgan fingerprint density at radius 3 is 2.26 bits per heavy atom. The van der Waals surface area contributed by atoms with Crippen LogP contribution in [0.1, 0.15) is 60.3 Å². The van der Waals surface area contributed by atoms with Crippen molar-refractivity contribution in [2.45, 2.75) is 71.9 Å². The lowest BCUT2D eigenvalue weighted by Gasteiger charge is -2.29. The van der Waals surface area contributed by atoms with E-state index in [1.54, 1.807) is 0 Å². The molecule has 1 amide bonds. The van der Waals surface area contributed by atoms with Crippen molar-refractivity contribution in [2.24, 2.45) is 11.8 Å². The SMILES string of the molecule is CC(C)/C=C/C1CCC(NC(=O)OC(C)(C)C)CC1. The first-order valence-corrected chi connectivity index (χ1v) is 7.44. The molecule has 0 saturated heterocycles. The highest BCUT2D eigenvalue weighted by Gasteiger charge is 2.23. The van der Waals surface area contributed by atoms with E-state index < -0.39 is 5.60 Å². The molecule has 1 fully saturated rings. The van der Waals surface area contributed by atoms with Crippen molar-refractivity contribution >= 4 is 6.09 Å². The summed E-state index contributed by atoms with van der Waals surface area (Å²) in [5.74, 6) is 1.30. The van der Waals surface area contributed by atoms with Gasteiger partial charge >= 0.3 is 6.09 Å². The third-order valence-corrected chi connectivity index (χ3v) is 3.26.